The van der Waals surface area contributed by atoms with Crippen molar-refractivity contribution >= 4 is 28.7 Å². The molecule has 5 heteroatoms. The number of likely N-dealkylation sites (tertiary alicyclic amines) is 1. The molecule has 0 bridgehead atoms. The van der Waals surface area contributed by atoms with Crippen LogP contribution >= 0.6 is 0 Å². The first-order valence-corrected chi connectivity index (χ1v) is 10.1. The van der Waals surface area contributed by atoms with Gasteiger partial charge in [0.05, 0.1) is 0 Å². The first-order chi connectivity index (χ1) is 14.6. The number of nitrogens with one attached hydrogen (secondary N) is 1. The normalized spacial score (nSPS) is 14.9. The number of hydrogen-bond acceptors (Lipinski definition) is 2. The summed E-state index contributed by atoms with van der Waals surface area (Å²) in [5.41, 5.74) is 1.45. The molecule has 4 rings (SSSR count). The fourth-order valence-electron chi connectivity index (χ4n) is 3.78. The lowest BCUT2D eigenvalue weighted by Crippen LogP contribution is -2.46. The van der Waals surface area contributed by atoms with E-state index in [9.17, 15) is 14.0 Å². The summed E-state index contributed by atoms with van der Waals surface area (Å²) in [5.74, 6) is -0.600. The van der Waals surface area contributed by atoms with Crippen LogP contribution in [0.5, 0.6) is 0 Å². The van der Waals surface area contributed by atoms with Crippen LogP contribution in [0.25, 0.3) is 16.8 Å². The molecule has 0 saturated carbocycles. The molecule has 4 nitrogen and oxygen atoms in total. The molecule has 0 aromatic heterocycles. The number of benzene rings is 3. The Kier molecular flexibility index (Phi) is 5.89. The van der Waals surface area contributed by atoms with Crippen molar-refractivity contribution < 1.29 is 14.0 Å². The molecular formula is C25H23FN2O2. The van der Waals surface area contributed by atoms with E-state index < -0.39 is 0 Å². The van der Waals surface area contributed by atoms with E-state index in [1.54, 1.807) is 6.08 Å². The Balaban J connectivity index is 1.32. The number of hydrogen-bond donors (Lipinski definition) is 1. The van der Waals surface area contributed by atoms with Crippen LogP contribution in [0.2, 0.25) is 0 Å². The third kappa shape index (κ3) is 4.57. The predicted octanol–water partition coefficient (Wildman–Crippen LogP) is 4.41. The second-order valence-corrected chi connectivity index (χ2v) is 7.48. The van der Waals surface area contributed by atoms with Gasteiger partial charge in [-0.2, -0.15) is 0 Å². The number of carbonyl (C=O) groups excluding carboxylic acids is 2. The van der Waals surface area contributed by atoms with Gasteiger partial charge in [-0.25, -0.2) is 4.39 Å². The third-order valence-electron chi connectivity index (χ3n) is 5.48. The lowest BCUT2D eigenvalue weighted by molar-refractivity contribution is -0.126. The van der Waals surface area contributed by atoms with Gasteiger partial charge in [0, 0.05) is 30.8 Å². The van der Waals surface area contributed by atoms with Crippen LogP contribution < -0.4 is 5.32 Å². The highest BCUT2D eigenvalue weighted by Crippen LogP contribution is 2.20. The predicted molar refractivity (Wildman–Crippen MR) is 116 cm³/mol. The van der Waals surface area contributed by atoms with Gasteiger partial charge in [-0.15, -0.1) is 0 Å². The van der Waals surface area contributed by atoms with Crippen molar-refractivity contribution in [3.05, 3.63) is 89.8 Å². The molecule has 0 unspecified atom stereocenters. The van der Waals surface area contributed by atoms with Gasteiger partial charge in [-0.1, -0.05) is 42.5 Å². The average molecular weight is 402 g/mol. The van der Waals surface area contributed by atoms with Gasteiger partial charge in [0.15, 0.2) is 0 Å². The molecule has 1 fully saturated rings. The second-order valence-electron chi connectivity index (χ2n) is 7.48. The lowest BCUT2D eigenvalue weighted by Gasteiger charge is -2.31. The number of fused-ring (bicyclic) bond motifs is 1. The minimum Gasteiger partial charge on any atom is -0.349 e. The molecule has 1 N–H and O–H groups in total. The minimum atomic E-state index is -0.366. The average Bonchev–Trinajstić information content (AvgIpc) is 2.78. The molecule has 1 saturated heterocycles. The Hall–Kier alpha value is -3.47. The molecule has 2 amide bonds. The standard InChI is InChI=1S/C25H23FN2O2/c26-21-11-8-20(9-12-21)25(30)27-22-14-16-28(17-15-22)24(29)13-10-19-6-3-5-18-4-1-2-7-23(18)19/h1-13,22H,14-17H2,(H,27,30)/b13-10+. The zero-order chi connectivity index (χ0) is 20.9. The quantitative estimate of drug-likeness (QED) is 0.657. The summed E-state index contributed by atoms with van der Waals surface area (Å²) in [5, 5.41) is 5.23. The molecule has 30 heavy (non-hydrogen) atoms. The highest BCUT2D eigenvalue weighted by Gasteiger charge is 2.23. The molecule has 152 valence electrons. The summed E-state index contributed by atoms with van der Waals surface area (Å²) >= 11 is 0. The Labute approximate surface area is 175 Å². The maximum atomic E-state index is 13.0. The zero-order valence-electron chi connectivity index (χ0n) is 16.6. The number of halogens is 1. The van der Waals surface area contributed by atoms with Gasteiger partial charge in [0.2, 0.25) is 5.91 Å². The highest BCUT2D eigenvalue weighted by molar-refractivity contribution is 5.97. The van der Waals surface area contributed by atoms with Crippen molar-refractivity contribution in [3.8, 4) is 0 Å². The van der Waals surface area contributed by atoms with E-state index in [-0.39, 0.29) is 23.7 Å². The summed E-state index contributed by atoms with van der Waals surface area (Å²) in [4.78, 5) is 26.7. The first-order valence-electron chi connectivity index (χ1n) is 10.1. The minimum absolute atomic E-state index is 0.00801. The Morgan fingerprint density at radius 3 is 2.40 bits per heavy atom. The van der Waals surface area contributed by atoms with Crippen LogP contribution in [0.4, 0.5) is 4.39 Å². The third-order valence-corrected chi connectivity index (χ3v) is 5.48. The van der Waals surface area contributed by atoms with Crippen molar-refractivity contribution in [2.24, 2.45) is 0 Å². The van der Waals surface area contributed by atoms with Crippen LogP contribution in [-0.2, 0) is 4.79 Å². The molecule has 1 aliphatic rings. The van der Waals surface area contributed by atoms with Crippen LogP contribution in [0, 0.1) is 5.82 Å². The Bertz CT molecular complexity index is 1080. The smallest absolute Gasteiger partial charge is 0.251 e. The fourth-order valence-corrected chi connectivity index (χ4v) is 3.78. The maximum Gasteiger partial charge on any atom is 0.251 e. The molecule has 0 aliphatic carbocycles. The summed E-state index contributed by atoms with van der Waals surface area (Å²) in [6, 6.07) is 19.7. The molecule has 0 atom stereocenters. The van der Waals surface area contributed by atoms with Crippen molar-refractivity contribution in [3.63, 3.8) is 0 Å². The number of nitrogens with zero attached hydrogens (tertiary/aromatic N) is 1. The number of piperidine rings is 1. The van der Waals surface area contributed by atoms with Crippen molar-refractivity contribution in [1.29, 1.82) is 0 Å². The van der Waals surface area contributed by atoms with Gasteiger partial charge >= 0.3 is 0 Å². The summed E-state index contributed by atoms with van der Waals surface area (Å²) in [6.07, 6.45) is 4.88. The Morgan fingerprint density at radius 1 is 0.933 bits per heavy atom. The van der Waals surface area contributed by atoms with Gasteiger partial charge in [-0.05, 0) is 59.5 Å². The zero-order valence-corrected chi connectivity index (χ0v) is 16.6. The van der Waals surface area contributed by atoms with Gasteiger partial charge < -0.3 is 10.2 Å². The van der Waals surface area contributed by atoms with E-state index in [0.717, 1.165) is 16.3 Å². The van der Waals surface area contributed by atoms with E-state index in [0.29, 0.717) is 31.5 Å². The van der Waals surface area contributed by atoms with Gasteiger partial charge in [-0.3, -0.25) is 9.59 Å². The van der Waals surface area contributed by atoms with Crippen LogP contribution in [0.15, 0.2) is 72.8 Å². The van der Waals surface area contributed by atoms with Crippen molar-refractivity contribution in [1.82, 2.24) is 10.2 Å². The van der Waals surface area contributed by atoms with Gasteiger partial charge in [0.1, 0.15) is 5.82 Å². The molecule has 1 aliphatic heterocycles. The Morgan fingerprint density at radius 2 is 1.63 bits per heavy atom. The maximum absolute atomic E-state index is 13.0. The van der Waals surface area contributed by atoms with Crippen LogP contribution in [-0.4, -0.2) is 35.8 Å². The van der Waals surface area contributed by atoms with E-state index >= 15 is 0 Å². The second kappa shape index (κ2) is 8.91. The first kappa shape index (κ1) is 19.8. The highest BCUT2D eigenvalue weighted by atomic mass is 19.1. The monoisotopic (exact) mass is 402 g/mol. The van der Waals surface area contributed by atoms with E-state index in [1.165, 1.54) is 24.3 Å². The summed E-state index contributed by atoms with van der Waals surface area (Å²) in [7, 11) is 0. The number of rotatable bonds is 4. The molecule has 3 aromatic carbocycles. The van der Waals surface area contributed by atoms with Crippen LogP contribution in [0.3, 0.4) is 0 Å². The molecular weight excluding hydrogens is 379 g/mol. The summed E-state index contributed by atoms with van der Waals surface area (Å²) < 4.78 is 13.0. The fraction of sp³-hybridized carbons (Fsp3) is 0.200. The molecule has 1 heterocycles. The molecule has 0 radical (unpaired) electrons. The lowest BCUT2D eigenvalue weighted by atomic mass is 10.0. The van der Waals surface area contributed by atoms with Gasteiger partial charge in [0.25, 0.3) is 5.91 Å². The SMILES string of the molecule is O=C(NC1CCN(C(=O)/C=C/c2cccc3ccccc23)CC1)c1ccc(F)cc1. The van der Waals surface area contributed by atoms with E-state index in [1.807, 2.05) is 35.2 Å². The van der Waals surface area contributed by atoms with E-state index in [4.69, 9.17) is 0 Å². The summed E-state index contributed by atoms with van der Waals surface area (Å²) in [6.45, 7) is 1.18. The van der Waals surface area contributed by atoms with Crippen molar-refractivity contribution in [2.45, 2.75) is 18.9 Å². The number of amides is 2. The molecule has 3 aromatic rings. The van der Waals surface area contributed by atoms with Crippen LogP contribution in [0.1, 0.15) is 28.8 Å². The van der Waals surface area contributed by atoms with E-state index in [2.05, 4.69) is 23.5 Å². The molecule has 0 spiro atoms. The topological polar surface area (TPSA) is 49.4 Å². The largest absolute Gasteiger partial charge is 0.349 e. The number of carbonyl (C=O) groups is 2. The van der Waals surface area contributed by atoms with Crippen molar-refractivity contribution in [2.75, 3.05) is 13.1 Å².